The molecular formula is C13H16BrN3O2. The van der Waals surface area contributed by atoms with E-state index in [1.54, 1.807) is 12.3 Å². The molecule has 2 rings (SSSR count). The molecule has 1 aliphatic rings. The fraction of sp³-hybridized carbons (Fsp3) is 0.385. The van der Waals surface area contributed by atoms with E-state index >= 15 is 0 Å². The normalized spacial score (nSPS) is 14.9. The predicted octanol–water partition coefficient (Wildman–Crippen LogP) is 0.647. The van der Waals surface area contributed by atoms with E-state index in [0.717, 1.165) is 24.0 Å². The number of hydrogen-bond acceptors (Lipinski definition) is 3. The summed E-state index contributed by atoms with van der Waals surface area (Å²) in [6, 6.07) is 3.10. The summed E-state index contributed by atoms with van der Waals surface area (Å²) in [5, 5.41) is 6.05. The second kappa shape index (κ2) is 6.68. The van der Waals surface area contributed by atoms with E-state index in [1.807, 2.05) is 0 Å². The number of nitrogens with zero attached hydrogens (tertiary/aromatic N) is 1. The quantitative estimate of drug-likeness (QED) is 0.799. The Morgan fingerprint density at radius 2 is 2.32 bits per heavy atom. The van der Waals surface area contributed by atoms with Crippen molar-refractivity contribution in [3.05, 3.63) is 44.8 Å². The Morgan fingerprint density at radius 3 is 3.05 bits per heavy atom. The molecule has 0 saturated heterocycles. The van der Waals surface area contributed by atoms with Crippen LogP contribution in [-0.4, -0.2) is 30.1 Å². The minimum Gasteiger partial charge on any atom is -0.351 e. The summed E-state index contributed by atoms with van der Waals surface area (Å²) in [5.41, 5.74) is 1.05. The third-order valence-electron chi connectivity index (χ3n) is 2.93. The van der Waals surface area contributed by atoms with Gasteiger partial charge in [0.05, 0.1) is 0 Å². The summed E-state index contributed by atoms with van der Waals surface area (Å²) in [4.78, 5) is 23.3. The lowest BCUT2D eigenvalue weighted by Gasteiger charge is -2.14. The highest BCUT2D eigenvalue weighted by molar-refractivity contribution is 9.10. The van der Waals surface area contributed by atoms with Gasteiger partial charge >= 0.3 is 0 Å². The second-order valence-electron chi connectivity index (χ2n) is 4.41. The minimum atomic E-state index is -0.181. The largest absolute Gasteiger partial charge is 0.351 e. The molecule has 19 heavy (non-hydrogen) atoms. The smallest absolute Gasteiger partial charge is 0.251 e. The average Bonchev–Trinajstić information content (AvgIpc) is 2.42. The molecule has 0 spiro atoms. The molecule has 1 aromatic heterocycles. The molecule has 1 aliphatic heterocycles. The summed E-state index contributed by atoms with van der Waals surface area (Å²) < 4.78 is 2.16. The van der Waals surface area contributed by atoms with E-state index in [1.165, 1.54) is 16.2 Å². The maximum absolute atomic E-state index is 11.8. The predicted molar refractivity (Wildman–Crippen MR) is 77.0 cm³/mol. The standard InChI is InChI=1S/C13H16BrN3O2/c14-11-1-2-13(19)17(8-11)9-12(18)16-7-10-3-5-15-6-4-10/h1-3,8,15H,4-7,9H2,(H,16,18). The van der Waals surface area contributed by atoms with Crippen molar-refractivity contribution in [3.8, 4) is 0 Å². The molecule has 0 saturated carbocycles. The Morgan fingerprint density at radius 1 is 1.47 bits per heavy atom. The molecule has 0 radical (unpaired) electrons. The molecule has 1 aromatic rings. The van der Waals surface area contributed by atoms with Gasteiger partial charge in [-0.2, -0.15) is 0 Å². The Bertz CT molecular complexity index is 551. The third-order valence-corrected chi connectivity index (χ3v) is 3.40. The Hall–Kier alpha value is -1.40. The lowest BCUT2D eigenvalue weighted by atomic mass is 10.1. The number of pyridine rings is 1. The van der Waals surface area contributed by atoms with Crippen LogP contribution in [0.5, 0.6) is 0 Å². The summed E-state index contributed by atoms with van der Waals surface area (Å²) in [5.74, 6) is -0.153. The van der Waals surface area contributed by atoms with Gasteiger partial charge in [-0.3, -0.25) is 9.59 Å². The summed E-state index contributed by atoms with van der Waals surface area (Å²) in [7, 11) is 0. The Balaban J connectivity index is 1.88. The molecule has 1 amide bonds. The van der Waals surface area contributed by atoms with Gasteiger partial charge in [0.2, 0.25) is 5.91 Å². The Kier molecular flexibility index (Phi) is 4.93. The van der Waals surface area contributed by atoms with E-state index in [2.05, 4.69) is 32.6 Å². The Labute approximate surface area is 119 Å². The first-order valence-electron chi connectivity index (χ1n) is 6.16. The maximum Gasteiger partial charge on any atom is 0.251 e. The number of halogens is 1. The van der Waals surface area contributed by atoms with Crippen LogP contribution in [-0.2, 0) is 11.3 Å². The molecule has 0 fully saturated rings. The highest BCUT2D eigenvalue weighted by Crippen LogP contribution is 2.05. The van der Waals surface area contributed by atoms with Crippen LogP contribution in [0.25, 0.3) is 0 Å². The number of hydrogen-bond donors (Lipinski definition) is 2. The number of amides is 1. The van der Waals surface area contributed by atoms with Crippen molar-refractivity contribution in [1.82, 2.24) is 15.2 Å². The van der Waals surface area contributed by atoms with Crippen molar-refractivity contribution in [2.45, 2.75) is 13.0 Å². The van der Waals surface area contributed by atoms with Crippen molar-refractivity contribution in [3.63, 3.8) is 0 Å². The number of rotatable bonds is 4. The molecule has 0 unspecified atom stereocenters. The van der Waals surface area contributed by atoms with Crippen LogP contribution in [0.3, 0.4) is 0 Å². The highest BCUT2D eigenvalue weighted by atomic mass is 79.9. The van der Waals surface area contributed by atoms with Gasteiger partial charge in [0.25, 0.3) is 5.56 Å². The van der Waals surface area contributed by atoms with Crippen LogP contribution in [0.2, 0.25) is 0 Å². The molecule has 6 heteroatoms. The molecule has 0 aromatic carbocycles. The van der Waals surface area contributed by atoms with E-state index in [0.29, 0.717) is 6.54 Å². The summed E-state index contributed by atoms with van der Waals surface area (Å²) in [6.07, 6.45) is 4.66. The van der Waals surface area contributed by atoms with Gasteiger partial charge in [0.15, 0.2) is 0 Å². The number of aromatic nitrogens is 1. The van der Waals surface area contributed by atoms with Crippen LogP contribution in [0, 0.1) is 0 Å². The topological polar surface area (TPSA) is 63.1 Å². The fourth-order valence-electron chi connectivity index (χ4n) is 1.88. The molecule has 5 nitrogen and oxygen atoms in total. The first kappa shape index (κ1) is 14.0. The third kappa shape index (κ3) is 4.33. The van der Waals surface area contributed by atoms with Crippen molar-refractivity contribution < 1.29 is 4.79 Å². The van der Waals surface area contributed by atoms with Crippen LogP contribution in [0.15, 0.2) is 39.2 Å². The zero-order chi connectivity index (χ0) is 13.7. The molecule has 2 N–H and O–H groups in total. The van der Waals surface area contributed by atoms with Crippen molar-refractivity contribution in [2.75, 3.05) is 19.6 Å². The van der Waals surface area contributed by atoms with E-state index in [-0.39, 0.29) is 18.0 Å². The van der Waals surface area contributed by atoms with Gasteiger partial charge in [-0.15, -0.1) is 0 Å². The lowest BCUT2D eigenvalue weighted by Crippen LogP contribution is -2.34. The van der Waals surface area contributed by atoms with E-state index in [9.17, 15) is 9.59 Å². The highest BCUT2D eigenvalue weighted by Gasteiger charge is 2.07. The SMILES string of the molecule is O=C(Cn1cc(Br)ccc1=O)NCC1=CCNCC1. The number of carbonyl (C=O) groups excluding carboxylic acids is 1. The summed E-state index contributed by atoms with van der Waals surface area (Å²) in [6.45, 7) is 2.41. The second-order valence-corrected chi connectivity index (χ2v) is 5.32. The van der Waals surface area contributed by atoms with Gasteiger partial charge in [-0.25, -0.2) is 0 Å². The molecule has 0 atom stereocenters. The van der Waals surface area contributed by atoms with Gasteiger partial charge in [0, 0.05) is 29.8 Å². The van der Waals surface area contributed by atoms with Crippen LogP contribution < -0.4 is 16.2 Å². The molecule has 2 heterocycles. The first-order chi connectivity index (χ1) is 9.15. The number of carbonyl (C=O) groups is 1. The van der Waals surface area contributed by atoms with E-state index < -0.39 is 0 Å². The molecule has 0 aliphatic carbocycles. The number of nitrogens with one attached hydrogen (secondary N) is 2. The molecule has 102 valence electrons. The zero-order valence-corrected chi connectivity index (χ0v) is 12.1. The van der Waals surface area contributed by atoms with E-state index in [4.69, 9.17) is 0 Å². The van der Waals surface area contributed by atoms with Crippen LogP contribution >= 0.6 is 15.9 Å². The molecule has 0 bridgehead atoms. The average molecular weight is 326 g/mol. The summed E-state index contributed by atoms with van der Waals surface area (Å²) >= 11 is 3.28. The van der Waals surface area contributed by atoms with Gasteiger partial charge in [-0.1, -0.05) is 11.6 Å². The minimum absolute atomic E-state index is 0.0454. The monoisotopic (exact) mass is 325 g/mol. The first-order valence-corrected chi connectivity index (χ1v) is 6.96. The lowest BCUT2D eigenvalue weighted by molar-refractivity contribution is -0.121. The fourth-order valence-corrected chi connectivity index (χ4v) is 2.26. The van der Waals surface area contributed by atoms with Crippen LogP contribution in [0.4, 0.5) is 0 Å². The zero-order valence-electron chi connectivity index (χ0n) is 10.5. The molecular weight excluding hydrogens is 310 g/mol. The van der Waals surface area contributed by atoms with Gasteiger partial charge in [0.1, 0.15) is 6.54 Å². The van der Waals surface area contributed by atoms with Crippen molar-refractivity contribution in [2.24, 2.45) is 0 Å². The van der Waals surface area contributed by atoms with Gasteiger partial charge < -0.3 is 15.2 Å². The van der Waals surface area contributed by atoms with Crippen molar-refractivity contribution in [1.29, 1.82) is 0 Å². The maximum atomic E-state index is 11.8. The van der Waals surface area contributed by atoms with Gasteiger partial charge in [-0.05, 0) is 35.0 Å². The van der Waals surface area contributed by atoms with Crippen molar-refractivity contribution >= 4 is 21.8 Å². The van der Waals surface area contributed by atoms with Crippen LogP contribution in [0.1, 0.15) is 6.42 Å².